The van der Waals surface area contributed by atoms with Gasteiger partial charge in [-0.15, -0.1) is 34.0 Å². The van der Waals surface area contributed by atoms with Crippen LogP contribution in [-0.4, -0.2) is 0 Å². The van der Waals surface area contributed by atoms with Gasteiger partial charge < -0.3 is 4.90 Å². The molecule has 1 aliphatic rings. The van der Waals surface area contributed by atoms with E-state index in [2.05, 4.69) is 127 Å². The Hall–Kier alpha value is -3.96. The summed E-state index contributed by atoms with van der Waals surface area (Å²) >= 11 is 5.72. The lowest BCUT2D eigenvalue weighted by atomic mass is 9.90. The molecule has 4 heteroatoms. The number of rotatable bonds is 3. The predicted octanol–water partition coefficient (Wildman–Crippen LogP) is 12.0. The number of nitrogens with zero attached hydrogens (tertiary/aromatic N) is 1. The van der Waals surface area contributed by atoms with E-state index >= 15 is 0 Å². The molecule has 0 saturated carbocycles. The first-order valence-corrected chi connectivity index (χ1v) is 16.5. The third-order valence-electron chi connectivity index (χ3n) is 8.49. The van der Waals surface area contributed by atoms with Crippen LogP contribution in [0.2, 0.25) is 0 Å². The van der Waals surface area contributed by atoms with E-state index in [9.17, 15) is 0 Å². The van der Waals surface area contributed by atoms with Crippen molar-refractivity contribution in [2.45, 2.75) is 13.3 Å². The third-order valence-corrected chi connectivity index (χ3v) is 12.0. The van der Waals surface area contributed by atoms with Crippen molar-refractivity contribution in [3.8, 4) is 0 Å². The van der Waals surface area contributed by atoms with Crippen molar-refractivity contribution in [3.63, 3.8) is 0 Å². The predicted molar refractivity (Wildman–Crippen MR) is 183 cm³/mol. The molecule has 41 heavy (non-hydrogen) atoms. The summed E-state index contributed by atoms with van der Waals surface area (Å²) in [5.41, 5.74) is 5.20. The molecule has 0 aliphatic heterocycles. The first kappa shape index (κ1) is 23.7. The molecular formula is C37H25NS3. The van der Waals surface area contributed by atoms with Crippen LogP contribution in [0.1, 0.15) is 17.4 Å². The minimum atomic E-state index is 0.389. The highest BCUT2D eigenvalue weighted by molar-refractivity contribution is 7.26. The number of allylic oxidation sites excluding steroid dienone is 1. The van der Waals surface area contributed by atoms with E-state index in [1.54, 1.807) is 0 Å². The van der Waals surface area contributed by atoms with Crippen molar-refractivity contribution in [3.05, 3.63) is 125 Å². The lowest BCUT2D eigenvalue weighted by Crippen LogP contribution is -2.24. The molecule has 3 aromatic heterocycles. The van der Waals surface area contributed by atoms with Crippen molar-refractivity contribution in [1.82, 2.24) is 0 Å². The van der Waals surface area contributed by atoms with Gasteiger partial charge in [0.15, 0.2) is 0 Å². The fourth-order valence-electron chi connectivity index (χ4n) is 6.54. The Morgan fingerprint density at radius 3 is 1.61 bits per heavy atom. The molecule has 3 heterocycles. The van der Waals surface area contributed by atoms with Gasteiger partial charge in [-0.05, 0) is 72.7 Å². The van der Waals surface area contributed by atoms with Gasteiger partial charge in [0.05, 0.1) is 0 Å². The van der Waals surface area contributed by atoms with Crippen LogP contribution in [0.15, 0.2) is 115 Å². The Morgan fingerprint density at radius 1 is 0.537 bits per heavy atom. The van der Waals surface area contributed by atoms with Gasteiger partial charge in [0, 0.05) is 78.3 Å². The van der Waals surface area contributed by atoms with E-state index in [0.29, 0.717) is 5.92 Å². The van der Waals surface area contributed by atoms with Crippen molar-refractivity contribution in [1.29, 1.82) is 0 Å². The van der Waals surface area contributed by atoms with E-state index in [4.69, 9.17) is 0 Å². The lowest BCUT2D eigenvalue weighted by Gasteiger charge is -2.34. The Balaban J connectivity index is 1.31. The van der Waals surface area contributed by atoms with Crippen molar-refractivity contribution < 1.29 is 0 Å². The molecule has 9 rings (SSSR count). The van der Waals surface area contributed by atoms with Crippen molar-refractivity contribution >= 4 is 102 Å². The lowest BCUT2D eigenvalue weighted by molar-refractivity contribution is 0.666. The molecule has 1 nitrogen and oxygen atoms in total. The minimum Gasteiger partial charge on any atom is -0.314 e. The molecule has 5 aromatic carbocycles. The average molecular weight is 580 g/mol. The maximum atomic E-state index is 2.54. The van der Waals surface area contributed by atoms with Gasteiger partial charge in [-0.1, -0.05) is 61.5 Å². The molecule has 8 aromatic rings. The summed E-state index contributed by atoms with van der Waals surface area (Å²) in [5, 5.41) is 6.72. The Bertz CT molecular complexity index is 2220. The fraction of sp³-hybridized carbons (Fsp3) is 0.0811. The van der Waals surface area contributed by atoms with Gasteiger partial charge >= 0.3 is 0 Å². The second-order valence-electron chi connectivity index (χ2n) is 11.0. The maximum Gasteiger partial charge on any atom is 0.0465 e. The van der Waals surface area contributed by atoms with Crippen LogP contribution in [0.5, 0.6) is 0 Å². The summed E-state index contributed by atoms with van der Waals surface area (Å²) in [6.07, 6.45) is 3.54. The van der Waals surface area contributed by atoms with Crippen LogP contribution in [0.3, 0.4) is 0 Å². The zero-order valence-corrected chi connectivity index (χ0v) is 24.9. The van der Waals surface area contributed by atoms with E-state index in [1.807, 2.05) is 34.0 Å². The molecule has 0 fully saturated rings. The van der Waals surface area contributed by atoms with Crippen LogP contribution < -0.4 is 4.90 Å². The standard InChI is InChI=1S/C37H25NS3/c1-22-18-37-30(27-10-4-7-13-34(27)41-37)21-31(22)38(23-14-16-35-28(19-23)25-8-2-5-11-32(25)39-35)24-15-17-36-29(20-24)26-9-3-6-12-33(26)40-36/h2-17,19-22H,18H2,1H3. The molecule has 1 atom stereocenters. The third kappa shape index (κ3) is 3.64. The summed E-state index contributed by atoms with van der Waals surface area (Å²) in [6.45, 7) is 2.39. The monoisotopic (exact) mass is 579 g/mol. The van der Waals surface area contributed by atoms with Gasteiger partial charge in [0.25, 0.3) is 0 Å². The largest absolute Gasteiger partial charge is 0.314 e. The normalized spacial score (nSPS) is 15.2. The summed E-state index contributed by atoms with van der Waals surface area (Å²) in [4.78, 5) is 4.04. The van der Waals surface area contributed by atoms with Crippen LogP contribution in [0, 0.1) is 5.92 Å². The number of anilines is 2. The quantitative estimate of drug-likeness (QED) is 0.201. The van der Waals surface area contributed by atoms with Gasteiger partial charge in [-0.3, -0.25) is 0 Å². The summed E-state index contributed by atoms with van der Waals surface area (Å²) in [6, 6.07) is 40.6. The number of hydrogen-bond donors (Lipinski definition) is 0. The Morgan fingerprint density at radius 2 is 1.02 bits per heavy atom. The molecule has 1 unspecified atom stereocenters. The zero-order chi connectivity index (χ0) is 27.1. The molecule has 0 amide bonds. The van der Waals surface area contributed by atoms with E-state index in [0.717, 1.165) is 6.42 Å². The van der Waals surface area contributed by atoms with Gasteiger partial charge in [0.1, 0.15) is 0 Å². The average Bonchev–Trinajstić information content (AvgIpc) is 3.68. The molecule has 0 saturated heterocycles. The molecule has 1 aliphatic carbocycles. The first-order valence-electron chi connectivity index (χ1n) is 14.1. The Labute approximate surface area is 250 Å². The summed E-state index contributed by atoms with van der Waals surface area (Å²) < 4.78 is 6.75. The molecule has 0 N–H and O–H groups in total. The number of benzene rings is 5. The SMILES string of the molecule is CC1Cc2sc3ccccc3c2C=C1N(c1ccc2sc3ccccc3c2c1)c1ccc2sc3ccccc3c2c1. The van der Waals surface area contributed by atoms with E-state index in [1.165, 1.54) is 77.9 Å². The molecule has 196 valence electrons. The summed E-state index contributed by atoms with van der Waals surface area (Å²) in [5.74, 6) is 0.389. The number of fused-ring (bicyclic) bond motifs is 9. The highest BCUT2D eigenvalue weighted by atomic mass is 32.1. The van der Waals surface area contributed by atoms with Gasteiger partial charge in [0.2, 0.25) is 0 Å². The highest BCUT2D eigenvalue weighted by Crippen LogP contribution is 2.46. The second-order valence-corrected chi connectivity index (χ2v) is 14.3. The van der Waals surface area contributed by atoms with E-state index < -0.39 is 0 Å². The van der Waals surface area contributed by atoms with Crippen LogP contribution in [-0.2, 0) is 6.42 Å². The topological polar surface area (TPSA) is 3.24 Å². The maximum absolute atomic E-state index is 2.54. The first-order chi connectivity index (χ1) is 20.2. The molecule has 0 spiro atoms. The number of hydrogen-bond acceptors (Lipinski definition) is 4. The van der Waals surface area contributed by atoms with Crippen LogP contribution in [0.4, 0.5) is 11.4 Å². The molecule has 0 radical (unpaired) electrons. The summed E-state index contributed by atoms with van der Waals surface area (Å²) in [7, 11) is 0. The zero-order valence-electron chi connectivity index (χ0n) is 22.4. The second kappa shape index (κ2) is 9.02. The van der Waals surface area contributed by atoms with Crippen LogP contribution >= 0.6 is 34.0 Å². The van der Waals surface area contributed by atoms with Gasteiger partial charge in [-0.2, -0.15) is 0 Å². The molecule has 0 bridgehead atoms. The van der Waals surface area contributed by atoms with Crippen LogP contribution in [0.25, 0.3) is 56.5 Å². The highest BCUT2D eigenvalue weighted by Gasteiger charge is 2.28. The fourth-order valence-corrected chi connectivity index (χ4v) is 10.0. The minimum absolute atomic E-state index is 0.389. The Kier molecular flexibility index (Phi) is 5.22. The van der Waals surface area contributed by atoms with Crippen molar-refractivity contribution in [2.24, 2.45) is 5.92 Å². The molecular weight excluding hydrogens is 555 g/mol. The van der Waals surface area contributed by atoms with E-state index in [-0.39, 0.29) is 0 Å². The van der Waals surface area contributed by atoms with Gasteiger partial charge in [-0.25, -0.2) is 0 Å². The smallest absolute Gasteiger partial charge is 0.0465 e. The number of thiophene rings is 3. The van der Waals surface area contributed by atoms with Crippen molar-refractivity contribution in [2.75, 3.05) is 4.90 Å².